The van der Waals surface area contributed by atoms with Crippen molar-refractivity contribution in [3.63, 3.8) is 0 Å². The minimum absolute atomic E-state index is 0.0727. The lowest BCUT2D eigenvalue weighted by Crippen LogP contribution is -2.38. The fourth-order valence-corrected chi connectivity index (χ4v) is 3.65. The van der Waals surface area contributed by atoms with Crippen molar-refractivity contribution >= 4 is 46.4 Å². The SMILES string of the molecule is O=C(COc1ccc(Cl)cc1Cl)Nc1ccc2c(c1)OCC(=O)N2Cc1ccccc1F. The lowest BCUT2D eigenvalue weighted by atomic mass is 10.1. The Kier molecular flexibility index (Phi) is 6.48. The predicted octanol–water partition coefficient (Wildman–Crippen LogP) is 5.08. The average Bonchev–Trinajstić information content (AvgIpc) is 2.76. The average molecular weight is 475 g/mol. The van der Waals surface area contributed by atoms with E-state index in [4.69, 9.17) is 32.7 Å². The van der Waals surface area contributed by atoms with E-state index in [1.807, 2.05) is 0 Å². The Morgan fingerprint density at radius 2 is 1.94 bits per heavy atom. The number of ether oxygens (including phenoxy) is 2. The van der Waals surface area contributed by atoms with Crippen LogP contribution in [-0.4, -0.2) is 25.0 Å². The van der Waals surface area contributed by atoms with E-state index in [0.717, 1.165) is 0 Å². The van der Waals surface area contributed by atoms with Crippen LogP contribution in [0.5, 0.6) is 11.5 Å². The number of nitrogens with zero attached hydrogens (tertiary/aromatic N) is 1. The number of fused-ring (bicyclic) bond motifs is 1. The van der Waals surface area contributed by atoms with Gasteiger partial charge in [-0.3, -0.25) is 9.59 Å². The molecule has 0 atom stereocenters. The van der Waals surface area contributed by atoms with Crippen LogP contribution in [0, 0.1) is 5.82 Å². The number of benzene rings is 3. The van der Waals surface area contributed by atoms with Gasteiger partial charge in [-0.1, -0.05) is 41.4 Å². The Morgan fingerprint density at radius 3 is 2.72 bits per heavy atom. The molecule has 1 aliphatic heterocycles. The molecule has 3 aromatic rings. The maximum absolute atomic E-state index is 14.1. The second-order valence-corrected chi connectivity index (χ2v) is 7.80. The van der Waals surface area contributed by atoms with Gasteiger partial charge in [-0.05, 0) is 36.4 Å². The Balaban J connectivity index is 1.44. The van der Waals surface area contributed by atoms with Gasteiger partial charge < -0.3 is 19.7 Å². The number of amides is 2. The summed E-state index contributed by atoms with van der Waals surface area (Å²) in [5.41, 5.74) is 1.34. The summed E-state index contributed by atoms with van der Waals surface area (Å²) in [6, 6.07) is 15.8. The molecule has 164 valence electrons. The molecule has 0 bridgehead atoms. The summed E-state index contributed by atoms with van der Waals surface area (Å²) in [6.45, 7) is -0.377. The van der Waals surface area contributed by atoms with E-state index in [1.54, 1.807) is 48.5 Å². The molecule has 0 radical (unpaired) electrons. The molecule has 0 aliphatic carbocycles. The molecule has 0 saturated carbocycles. The molecule has 6 nitrogen and oxygen atoms in total. The third-order valence-corrected chi connectivity index (χ3v) is 5.26. The molecule has 0 unspecified atom stereocenters. The van der Waals surface area contributed by atoms with Crippen molar-refractivity contribution in [2.75, 3.05) is 23.4 Å². The zero-order valence-corrected chi connectivity index (χ0v) is 18.1. The van der Waals surface area contributed by atoms with E-state index in [-0.39, 0.29) is 25.7 Å². The number of rotatable bonds is 6. The third-order valence-electron chi connectivity index (χ3n) is 4.73. The zero-order valence-electron chi connectivity index (χ0n) is 16.6. The number of carbonyl (C=O) groups excluding carboxylic acids is 2. The van der Waals surface area contributed by atoms with Gasteiger partial charge >= 0.3 is 0 Å². The summed E-state index contributed by atoms with van der Waals surface area (Å²) < 4.78 is 25.0. The third kappa shape index (κ3) is 4.95. The van der Waals surface area contributed by atoms with Gasteiger partial charge in [0.25, 0.3) is 11.8 Å². The Hall–Kier alpha value is -3.29. The molecule has 0 fully saturated rings. The first-order valence-corrected chi connectivity index (χ1v) is 10.3. The molecule has 32 heavy (non-hydrogen) atoms. The summed E-state index contributed by atoms with van der Waals surface area (Å²) in [7, 11) is 0. The van der Waals surface area contributed by atoms with E-state index in [1.165, 1.54) is 17.0 Å². The molecule has 4 rings (SSSR count). The number of hydrogen-bond donors (Lipinski definition) is 1. The van der Waals surface area contributed by atoms with Crippen molar-refractivity contribution in [3.8, 4) is 11.5 Å². The topological polar surface area (TPSA) is 67.9 Å². The van der Waals surface area contributed by atoms with Crippen LogP contribution in [-0.2, 0) is 16.1 Å². The van der Waals surface area contributed by atoms with Crippen molar-refractivity contribution in [2.24, 2.45) is 0 Å². The fourth-order valence-electron chi connectivity index (χ4n) is 3.19. The van der Waals surface area contributed by atoms with Crippen LogP contribution < -0.4 is 19.7 Å². The maximum Gasteiger partial charge on any atom is 0.265 e. The molecule has 0 aromatic heterocycles. The summed E-state index contributed by atoms with van der Waals surface area (Å²) in [6.07, 6.45) is 0. The largest absolute Gasteiger partial charge is 0.482 e. The second kappa shape index (κ2) is 9.46. The normalized spacial score (nSPS) is 12.7. The first-order valence-electron chi connectivity index (χ1n) is 9.59. The summed E-state index contributed by atoms with van der Waals surface area (Å²) in [4.78, 5) is 26.1. The van der Waals surface area contributed by atoms with Crippen LogP contribution >= 0.6 is 23.2 Å². The summed E-state index contributed by atoms with van der Waals surface area (Å²) in [5, 5.41) is 3.46. The summed E-state index contributed by atoms with van der Waals surface area (Å²) >= 11 is 11.9. The van der Waals surface area contributed by atoms with Gasteiger partial charge in [-0.25, -0.2) is 4.39 Å². The van der Waals surface area contributed by atoms with Crippen molar-refractivity contribution in [3.05, 3.63) is 82.1 Å². The van der Waals surface area contributed by atoms with Gasteiger partial charge in [0.05, 0.1) is 17.3 Å². The molecule has 1 heterocycles. The van der Waals surface area contributed by atoms with Crippen LogP contribution in [0.1, 0.15) is 5.56 Å². The van der Waals surface area contributed by atoms with Crippen LogP contribution in [0.15, 0.2) is 60.7 Å². The Morgan fingerprint density at radius 1 is 1.12 bits per heavy atom. The highest BCUT2D eigenvalue weighted by Gasteiger charge is 2.26. The van der Waals surface area contributed by atoms with Crippen LogP contribution in [0.25, 0.3) is 0 Å². The molecular formula is C23H17Cl2FN2O4. The molecular weight excluding hydrogens is 458 g/mol. The minimum Gasteiger partial charge on any atom is -0.482 e. The predicted molar refractivity (Wildman–Crippen MR) is 120 cm³/mol. The highest BCUT2D eigenvalue weighted by Crippen LogP contribution is 2.35. The maximum atomic E-state index is 14.1. The zero-order chi connectivity index (χ0) is 22.7. The van der Waals surface area contributed by atoms with Crippen molar-refractivity contribution in [1.82, 2.24) is 0 Å². The van der Waals surface area contributed by atoms with Gasteiger partial charge in [0.1, 0.15) is 17.3 Å². The Labute approximate surface area is 193 Å². The number of nitrogens with one attached hydrogen (secondary N) is 1. The van der Waals surface area contributed by atoms with Crippen LogP contribution in [0.2, 0.25) is 10.0 Å². The molecule has 2 amide bonds. The van der Waals surface area contributed by atoms with E-state index >= 15 is 0 Å². The molecule has 0 saturated heterocycles. The molecule has 3 aromatic carbocycles. The van der Waals surface area contributed by atoms with Gasteiger partial charge in [0.15, 0.2) is 13.2 Å². The van der Waals surface area contributed by atoms with E-state index in [2.05, 4.69) is 5.32 Å². The number of halogens is 3. The molecule has 9 heteroatoms. The quantitative estimate of drug-likeness (QED) is 0.541. The van der Waals surface area contributed by atoms with E-state index in [9.17, 15) is 14.0 Å². The number of carbonyl (C=O) groups is 2. The summed E-state index contributed by atoms with van der Waals surface area (Å²) in [5.74, 6) is -0.349. The van der Waals surface area contributed by atoms with Gasteiger partial charge in [-0.2, -0.15) is 0 Å². The highest BCUT2D eigenvalue weighted by molar-refractivity contribution is 6.35. The second-order valence-electron chi connectivity index (χ2n) is 6.95. The monoisotopic (exact) mass is 474 g/mol. The van der Waals surface area contributed by atoms with Gasteiger partial charge in [0.2, 0.25) is 0 Å². The van der Waals surface area contributed by atoms with E-state index < -0.39 is 11.7 Å². The lowest BCUT2D eigenvalue weighted by molar-refractivity contribution is -0.121. The highest BCUT2D eigenvalue weighted by atomic mass is 35.5. The van der Waals surface area contributed by atoms with Crippen molar-refractivity contribution in [1.29, 1.82) is 0 Å². The van der Waals surface area contributed by atoms with Gasteiger partial charge in [0, 0.05) is 22.3 Å². The molecule has 0 spiro atoms. The van der Waals surface area contributed by atoms with Crippen molar-refractivity contribution in [2.45, 2.75) is 6.54 Å². The van der Waals surface area contributed by atoms with Crippen LogP contribution in [0.3, 0.4) is 0 Å². The first kappa shape index (κ1) is 21.9. The number of anilines is 2. The van der Waals surface area contributed by atoms with Crippen molar-refractivity contribution < 1.29 is 23.5 Å². The minimum atomic E-state index is -0.411. The molecule has 1 aliphatic rings. The smallest absolute Gasteiger partial charge is 0.265 e. The Bertz CT molecular complexity index is 1190. The molecule has 1 N–H and O–H groups in total. The first-order chi connectivity index (χ1) is 15.4. The fraction of sp³-hybridized carbons (Fsp3) is 0.130. The van der Waals surface area contributed by atoms with Crippen LogP contribution in [0.4, 0.5) is 15.8 Å². The number of hydrogen-bond acceptors (Lipinski definition) is 4. The van der Waals surface area contributed by atoms with Gasteiger partial charge in [-0.15, -0.1) is 0 Å². The lowest BCUT2D eigenvalue weighted by Gasteiger charge is -2.30. The van der Waals surface area contributed by atoms with E-state index in [0.29, 0.717) is 38.5 Å². The standard InChI is InChI=1S/C23H17Cl2FN2O4/c24-15-5-8-20(17(25)9-15)31-12-22(29)27-16-6-7-19-21(10-16)32-13-23(30)28(19)11-14-3-1-2-4-18(14)26/h1-10H,11-13H2,(H,27,29).